The third-order valence-electron chi connectivity index (χ3n) is 2.38. The highest BCUT2D eigenvalue weighted by Crippen LogP contribution is 2.26. The Morgan fingerprint density at radius 2 is 1.86 bits per heavy atom. The summed E-state index contributed by atoms with van der Waals surface area (Å²) < 4.78 is 25.8. The normalized spacial score (nSPS) is 25.9. The molecule has 0 amide bonds. The molecule has 2 rings (SSSR count). The van der Waals surface area contributed by atoms with Crippen LogP contribution in [0.25, 0.3) is 0 Å². The van der Waals surface area contributed by atoms with Gasteiger partial charge in [-0.15, -0.1) is 12.4 Å². The second-order valence-corrected chi connectivity index (χ2v) is 3.29. The monoisotopic (exact) mass is 219 g/mol. The SMILES string of the molecule is Cl.Fc1ccc(C2NCCC2F)cc1. The van der Waals surface area contributed by atoms with Gasteiger partial charge in [0.15, 0.2) is 0 Å². The van der Waals surface area contributed by atoms with Gasteiger partial charge >= 0.3 is 0 Å². The summed E-state index contributed by atoms with van der Waals surface area (Å²) in [7, 11) is 0. The molecular formula is C10H12ClF2N. The quantitative estimate of drug-likeness (QED) is 0.766. The molecule has 1 fully saturated rings. The molecule has 1 heterocycles. The van der Waals surface area contributed by atoms with Gasteiger partial charge in [0.25, 0.3) is 0 Å². The van der Waals surface area contributed by atoms with Gasteiger partial charge < -0.3 is 5.32 Å². The molecule has 2 unspecified atom stereocenters. The number of alkyl halides is 1. The Morgan fingerprint density at radius 3 is 2.36 bits per heavy atom. The Balaban J connectivity index is 0.000000980. The summed E-state index contributed by atoms with van der Waals surface area (Å²) in [5, 5.41) is 3.04. The lowest BCUT2D eigenvalue weighted by atomic mass is 10.0. The summed E-state index contributed by atoms with van der Waals surface area (Å²) in [6, 6.07) is 5.74. The fourth-order valence-electron chi connectivity index (χ4n) is 1.67. The van der Waals surface area contributed by atoms with E-state index < -0.39 is 6.17 Å². The van der Waals surface area contributed by atoms with E-state index in [1.54, 1.807) is 12.1 Å². The van der Waals surface area contributed by atoms with E-state index in [0.29, 0.717) is 13.0 Å². The lowest BCUT2D eigenvalue weighted by Gasteiger charge is -2.12. The second kappa shape index (κ2) is 4.71. The van der Waals surface area contributed by atoms with Crippen molar-refractivity contribution in [2.45, 2.75) is 18.6 Å². The molecule has 0 spiro atoms. The first-order valence-electron chi connectivity index (χ1n) is 4.40. The Kier molecular flexibility index (Phi) is 3.84. The van der Waals surface area contributed by atoms with Crippen LogP contribution in [0.3, 0.4) is 0 Å². The average Bonchev–Trinajstić information content (AvgIpc) is 2.53. The standard InChI is InChI=1S/C10H11F2N.ClH/c11-8-3-1-7(2-4-8)10-9(12)5-6-13-10;/h1-4,9-10,13H,5-6H2;1H. The van der Waals surface area contributed by atoms with Crippen molar-refractivity contribution in [2.75, 3.05) is 6.54 Å². The van der Waals surface area contributed by atoms with Gasteiger partial charge in [-0.1, -0.05) is 12.1 Å². The van der Waals surface area contributed by atoms with E-state index in [4.69, 9.17) is 0 Å². The zero-order valence-corrected chi connectivity index (χ0v) is 8.36. The van der Waals surface area contributed by atoms with Gasteiger partial charge in [-0.05, 0) is 30.7 Å². The highest BCUT2D eigenvalue weighted by molar-refractivity contribution is 5.85. The topological polar surface area (TPSA) is 12.0 Å². The molecule has 0 bridgehead atoms. The summed E-state index contributed by atoms with van der Waals surface area (Å²) in [6.07, 6.45) is -0.298. The summed E-state index contributed by atoms with van der Waals surface area (Å²) in [4.78, 5) is 0. The lowest BCUT2D eigenvalue weighted by Crippen LogP contribution is -2.18. The molecule has 4 heteroatoms. The molecular weight excluding hydrogens is 208 g/mol. The van der Waals surface area contributed by atoms with Gasteiger partial charge in [-0.3, -0.25) is 0 Å². The zero-order chi connectivity index (χ0) is 9.26. The van der Waals surface area contributed by atoms with Gasteiger partial charge in [0.2, 0.25) is 0 Å². The maximum Gasteiger partial charge on any atom is 0.123 e. The van der Waals surface area contributed by atoms with E-state index >= 15 is 0 Å². The minimum atomic E-state index is -0.842. The van der Waals surface area contributed by atoms with Crippen LogP contribution < -0.4 is 5.32 Å². The molecule has 1 aliphatic rings. The summed E-state index contributed by atoms with van der Waals surface area (Å²) in [5.41, 5.74) is 0.825. The number of halogens is 3. The predicted octanol–water partition coefficient (Wildman–Crippen LogP) is 2.62. The van der Waals surface area contributed by atoms with Crippen molar-refractivity contribution in [2.24, 2.45) is 0 Å². The van der Waals surface area contributed by atoms with Crippen molar-refractivity contribution in [3.63, 3.8) is 0 Å². The van der Waals surface area contributed by atoms with Crippen LogP contribution in [0, 0.1) is 5.82 Å². The van der Waals surface area contributed by atoms with Crippen molar-refractivity contribution in [3.8, 4) is 0 Å². The Morgan fingerprint density at radius 1 is 1.21 bits per heavy atom. The molecule has 1 aliphatic heterocycles. The van der Waals surface area contributed by atoms with Gasteiger partial charge in [0, 0.05) is 0 Å². The average molecular weight is 220 g/mol. The highest BCUT2D eigenvalue weighted by Gasteiger charge is 2.27. The smallest absolute Gasteiger partial charge is 0.123 e. The molecule has 1 N–H and O–H groups in total. The molecule has 0 radical (unpaired) electrons. The first-order valence-corrected chi connectivity index (χ1v) is 4.40. The minimum Gasteiger partial charge on any atom is -0.307 e. The Hall–Kier alpha value is -0.670. The molecule has 1 aromatic carbocycles. The fourth-order valence-corrected chi connectivity index (χ4v) is 1.67. The van der Waals surface area contributed by atoms with Crippen LogP contribution in [0.2, 0.25) is 0 Å². The molecule has 1 nitrogen and oxygen atoms in total. The van der Waals surface area contributed by atoms with Crippen LogP contribution in [-0.4, -0.2) is 12.7 Å². The summed E-state index contributed by atoms with van der Waals surface area (Å²) >= 11 is 0. The van der Waals surface area contributed by atoms with E-state index in [1.165, 1.54) is 12.1 Å². The van der Waals surface area contributed by atoms with Crippen LogP contribution in [0.5, 0.6) is 0 Å². The van der Waals surface area contributed by atoms with Crippen LogP contribution in [0.1, 0.15) is 18.0 Å². The summed E-state index contributed by atoms with van der Waals surface area (Å²) in [5.74, 6) is -0.280. The molecule has 0 saturated carbocycles. The second-order valence-electron chi connectivity index (χ2n) is 3.29. The van der Waals surface area contributed by atoms with Gasteiger partial charge in [-0.25, -0.2) is 8.78 Å². The molecule has 1 aromatic rings. The largest absolute Gasteiger partial charge is 0.307 e. The molecule has 0 aromatic heterocycles. The van der Waals surface area contributed by atoms with Crippen molar-refractivity contribution >= 4 is 12.4 Å². The predicted molar refractivity (Wildman–Crippen MR) is 53.9 cm³/mol. The maximum absolute atomic E-state index is 13.2. The molecule has 1 saturated heterocycles. The van der Waals surface area contributed by atoms with Crippen molar-refractivity contribution in [1.29, 1.82) is 0 Å². The Bertz CT molecular complexity index is 289. The highest BCUT2D eigenvalue weighted by atomic mass is 35.5. The van der Waals surface area contributed by atoms with E-state index in [2.05, 4.69) is 5.32 Å². The molecule has 14 heavy (non-hydrogen) atoms. The number of rotatable bonds is 1. The van der Waals surface area contributed by atoms with Crippen LogP contribution in [0.15, 0.2) is 24.3 Å². The molecule has 78 valence electrons. The first kappa shape index (κ1) is 11.4. The number of nitrogens with one attached hydrogen (secondary N) is 1. The number of hydrogen-bond donors (Lipinski definition) is 1. The van der Waals surface area contributed by atoms with Crippen LogP contribution >= 0.6 is 12.4 Å². The Labute approximate surface area is 87.9 Å². The number of hydrogen-bond acceptors (Lipinski definition) is 1. The lowest BCUT2D eigenvalue weighted by molar-refractivity contribution is 0.304. The van der Waals surface area contributed by atoms with E-state index in [-0.39, 0.29) is 24.3 Å². The number of benzene rings is 1. The third kappa shape index (κ3) is 2.22. The van der Waals surface area contributed by atoms with Crippen molar-refractivity contribution in [3.05, 3.63) is 35.6 Å². The molecule has 0 aliphatic carbocycles. The van der Waals surface area contributed by atoms with E-state index in [0.717, 1.165) is 5.56 Å². The van der Waals surface area contributed by atoms with Crippen molar-refractivity contribution < 1.29 is 8.78 Å². The molecule has 2 atom stereocenters. The summed E-state index contributed by atoms with van der Waals surface area (Å²) in [6.45, 7) is 0.698. The zero-order valence-electron chi connectivity index (χ0n) is 7.54. The van der Waals surface area contributed by atoms with Gasteiger partial charge in [0.05, 0.1) is 6.04 Å². The minimum absolute atomic E-state index is 0. The van der Waals surface area contributed by atoms with E-state index in [1.807, 2.05) is 0 Å². The van der Waals surface area contributed by atoms with Crippen molar-refractivity contribution in [1.82, 2.24) is 5.32 Å². The van der Waals surface area contributed by atoms with Gasteiger partial charge in [0.1, 0.15) is 12.0 Å². The van der Waals surface area contributed by atoms with E-state index in [9.17, 15) is 8.78 Å². The first-order chi connectivity index (χ1) is 6.27. The van der Waals surface area contributed by atoms with Crippen LogP contribution in [-0.2, 0) is 0 Å². The van der Waals surface area contributed by atoms with Crippen LogP contribution in [0.4, 0.5) is 8.78 Å². The van der Waals surface area contributed by atoms with Gasteiger partial charge in [-0.2, -0.15) is 0 Å². The third-order valence-corrected chi connectivity index (χ3v) is 2.38. The maximum atomic E-state index is 13.2. The fraction of sp³-hybridized carbons (Fsp3) is 0.400.